The van der Waals surface area contributed by atoms with Gasteiger partial charge in [-0.1, -0.05) is 27.7 Å². The fourth-order valence-corrected chi connectivity index (χ4v) is 1.49. The van der Waals surface area contributed by atoms with Crippen LogP contribution in [0.1, 0.15) is 40.5 Å². The van der Waals surface area contributed by atoms with E-state index >= 15 is 0 Å². The number of carbonyl (C=O) groups excluding carboxylic acids is 1. The summed E-state index contributed by atoms with van der Waals surface area (Å²) in [5.74, 6) is 0.0884. The molecule has 0 bridgehead atoms. The minimum Gasteiger partial charge on any atom is -0.342 e. The molecule has 1 heterocycles. The van der Waals surface area contributed by atoms with Gasteiger partial charge in [-0.05, 0) is 18.3 Å². The lowest BCUT2D eigenvalue weighted by Crippen LogP contribution is -2.43. The highest BCUT2D eigenvalue weighted by Crippen LogP contribution is 2.29. The zero-order valence-electron chi connectivity index (χ0n) is 9.97. The molecule has 0 saturated carbocycles. The summed E-state index contributed by atoms with van der Waals surface area (Å²) in [4.78, 5) is 13.0. The van der Waals surface area contributed by atoms with Crippen molar-refractivity contribution in [2.24, 2.45) is 11.1 Å². The van der Waals surface area contributed by atoms with Crippen molar-refractivity contribution in [2.45, 2.75) is 40.5 Å². The van der Waals surface area contributed by atoms with E-state index in [1.54, 1.807) is 0 Å². The van der Waals surface area contributed by atoms with Crippen molar-refractivity contribution in [1.82, 2.24) is 4.90 Å². The molecule has 2 N–H and O–H groups in total. The second-order valence-corrected chi connectivity index (χ2v) is 4.25. The molecule has 0 aromatic heterocycles. The Morgan fingerprint density at radius 1 is 1.29 bits per heavy atom. The molecule has 3 nitrogen and oxygen atoms in total. The zero-order chi connectivity index (χ0) is 11.2. The lowest BCUT2D eigenvalue weighted by molar-refractivity contribution is -0.131. The first-order valence-electron chi connectivity index (χ1n) is 5.53. The van der Waals surface area contributed by atoms with Gasteiger partial charge in [0, 0.05) is 13.1 Å². The van der Waals surface area contributed by atoms with E-state index in [-0.39, 0.29) is 12.5 Å². The first-order valence-corrected chi connectivity index (χ1v) is 5.53. The monoisotopic (exact) mass is 200 g/mol. The molecule has 1 fully saturated rings. The predicted octanol–water partition coefficient (Wildman–Crippen LogP) is 1.62. The summed E-state index contributed by atoms with van der Waals surface area (Å²) in [5.41, 5.74) is 5.69. The van der Waals surface area contributed by atoms with Crippen LogP contribution in [-0.4, -0.2) is 30.4 Å². The maximum absolute atomic E-state index is 11.2. The van der Waals surface area contributed by atoms with Gasteiger partial charge in [0.05, 0.1) is 6.54 Å². The van der Waals surface area contributed by atoms with Gasteiger partial charge in [0.2, 0.25) is 5.91 Å². The molecule has 1 amide bonds. The Kier molecular flexibility index (Phi) is 5.77. The van der Waals surface area contributed by atoms with E-state index in [1.165, 1.54) is 0 Å². The van der Waals surface area contributed by atoms with Crippen LogP contribution in [0.15, 0.2) is 0 Å². The van der Waals surface area contributed by atoms with E-state index < -0.39 is 0 Å². The van der Waals surface area contributed by atoms with Gasteiger partial charge in [0.1, 0.15) is 0 Å². The highest BCUT2D eigenvalue weighted by molar-refractivity contribution is 5.78. The summed E-state index contributed by atoms with van der Waals surface area (Å²) < 4.78 is 0. The van der Waals surface area contributed by atoms with Crippen LogP contribution in [0.3, 0.4) is 0 Å². The molecule has 0 aliphatic carbocycles. The lowest BCUT2D eigenvalue weighted by atomic mass is 9.83. The smallest absolute Gasteiger partial charge is 0.236 e. The molecule has 0 aromatic carbocycles. The van der Waals surface area contributed by atoms with Crippen LogP contribution < -0.4 is 5.73 Å². The minimum absolute atomic E-state index is 0.0884. The Labute approximate surface area is 87.6 Å². The molecule has 0 radical (unpaired) electrons. The summed E-state index contributed by atoms with van der Waals surface area (Å²) in [6, 6.07) is 0. The van der Waals surface area contributed by atoms with Gasteiger partial charge < -0.3 is 10.6 Å². The summed E-state index contributed by atoms with van der Waals surface area (Å²) >= 11 is 0. The second kappa shape index (κ2) is 6.02. The Balaban J connectivity index is 0.000000791. The number of likely N-dealkylation sites (tertiary alicyclic amines) is 1. The Bertz CT molecular complexity index is 168. The number of rotatable bonds is 1. The van der Waals surface area contributed by atoms with Crippen LogP contribution in [0.4, 0.5) is 0 Å². The van der Waals surface area contributed by atoms with Crippen molar-refractivity contribution in [3.63, 3.8) is 0 Å². The average Bonchev–Trinajstić information content (AvgIpc) is 2.20. The van der Waals surface area contributed by atoms with E-state index in [1.807, 2.05) is 18.7 Å². The van der Waals surface area contributed by atoms with E-state index in [0.29, 0.717) is 5.41 Å². The standard InChI is InChI=1S/C9H18N2O.C2H6/c1-9(2)3-5-11(6-4-9)8(12)7-10;1-2/h3-7,10H2,1-2H3;1-2H3. The fraction of sp³-hybridized carbons (Fsp3) is 0.909. The van der Waals surface area contributed by atoms with Crippen LogP contribution in [0.25, 0.3) is 0 Å². The molecule has 84 valence electrons. The maximum Gasteiger partial charge on any atom is 0.236 e. The number of hydrogen-bond acceptors (Lipinski definition) is 2. The lowest BCUT2D eigenvalue weighted by Gasteiger charge is -2.36. The van der Waals surface area contributed by atoms with Crippen molar-refractivity contribution in [3.8, 4) is 0 Å². The normalized spacial score (nSPS) is 19.6. The fourth-order valence-electron chi connectivity index (χ4n) is 1.49. The Morgan fingerprint density at radius 3 is 2.07 bits per heavy atom. The van der Waals surface area contributed by atoms with Crippen LogP contribution >= 0.6 is 0 Å². The summed E-state index contributed by atoms with van der Waals surface area (Å²) in [7, 11) is 0. The quantitative estimate of drug-likeness (QED) is 0.699. The molecule has 3 heteroatoms. The SMILES string of the molecule is CC.CC1(C)CCN(C(=O)CN)CC1. The van der Waals surface area contributed by atoms with Crippen molar-refractivity contribution in [2.75, 3.05) is 19.6 Å². The summed E-state index contributed by atoms with van der Waals surface area (Å²) in [6.45, 7) is 10.4. The van der Waals surface area contributed by atoms with E-state index in [9.17, 15) is 4.79 Å². The van der Waals surface area contributed by atoms with Gasteiger partial charge in [0.15, 0.2) is 0 Å². The highest BCUT2D eigenvalue weighted by atomic mass is 16.2. The zero-order valence-corrected chi connectivity index (χ0v) is 9.97. The number of amides is 1. The molecule has 1 saturated heterocycles. The van der Waals surface area contributed by atoms with E-state index in [4.69, 9.17) is 5.73 Å². The van der Waals surface area contributed by atoms with Gasteiger partial charge in [-0.25, -0.2) is 0 Å². The number of carbonyl (C=O) groups is 1. The van der Waals surface area contributed by atoms with Gasteiger partial charge in [-0.3, -0.25) is 4.79 Å². The van der Waals surface area contributed by atoms with Gasteiger partial charge in [-0.15, -0.1) is 0 Å². The van der Waals surface area contributed by atoms with Crippen LogP contribution in [0.5, 0.6) is 0 Å². The van der Waals surface area contributed by atoms with Crippen molar-refractivity contribution < 1.29 is 4.79 Å². The van der Waals surface area contributed by atoms with E-state index in [0.717, 1.165) is 25.9 Å². The van der Waals surface area contributed by atoms with Crippen LogP contribution in [-0.2, 0) is 4.79 Å². The molecule has 1 aliphatic heterocycles. The third-order valence-corrected chi connectivity index (χ3v) is 2.64. The number of hydrogen-bond donors (Lipinski definition) is 1. The van der Waals surface area contributed by atoms with Gasteiger partial charge in [0.25, 0.3) is 0 Å². The molecule has 1 rings (SSSR count). The van der Waals surface area contributed by atoms with Crippen molar-refractivity contribution in [1.29, 1.82) is 0 Å². The molecule has 1 aliphatic rings. The molecule has 0 spiro atoms. The minimum atomic E-state index is 0.0884. The summed E-state index contributed by atoms with van der Waals surface area (Å²) in [5, 5.41) is 0. The van der Waals surface area contributed by atoms with Crippen LogP contribution in [0, 0.1) is 5.41 Å². The molecule has 0 atom stereocenters. The van der Waals surface area contributed by atoms with Crippen molar-refractivity contribution >= 4 is 5.91 Å². The number of nitrogens with zero attached hydrogens (tertiary/aromatic N) is 1. The largest absolute Gasteiger partial charge is 0.342 e. The summed E-state index contributed by atoms with van der Waals surface area (Å²) in [6.07, 6.45) is 2.19. The second-order valence-electron chi connectivity index (χ2n) is 4.25. The van der Waals surface area contributed by atoms with Gasteiger partial charge in [-0.2, -0.15) is 0 Å². The number of piperidine rings is 1. The van der Waals surface area contributed by atoms with Gasteiger partial charge >= 0.3 is 0 Å². The maximum atomic E-state index is 11.2. The molecule has 14 heavy (non-hydrogen) atoms. The molecule has 0 unspecified atom stereocenters. The Hall–Kier alpha value is -0.570. The van der Waals surface area contributed by atoms with Crippen molar-refractivity contribution in [3.05, 3.63) is 0 Å². The highest BCUT2D eigenvalue weighted by Gasteiger charge is 2.26. The Morgan fingerprint density at radius 2 is 1.71 bits per heavy atom. The number of nitrogens with two attached hydrogens (primary N) is 1. The first-order chi connectivity index (χ1) is 6.55. The molecular weight excluding hydrogens is 176 g/mol. The molecular formula is C11H24N2O. The van der Waals surface area contributed by atoms with Crippen LogP contribution in [0.2, 0.25) is 0 Å². The third-order valence-electron chi connectivity index (χ3n) is 2.64. The third kappa shape index (κ3) is 4.09. The predicted molar refractivity (Wildman–Crippen MR) is 60.0 cm³/mol. The average molecular weight is 200 g/mol. The van der Waals surface area contributed by atoms with E-state index in [2.05, 4.69) is 13.8 Å². The first kappa shape index (κ1) is 13.4. The molecule has 0 aromatic rings. The topological polar surface area (TPSA) is 46.3 Å².